The lowest BCUT2D eigenvalue weighted by atomic mass is 9.95. The number of nitrogens with zero attached hydrogens (tertiary/aromatic N) is 1. The van der Waals surface area contributed by atoms with E-state index in [0.29, 0.717) is 0 Å². The Morgan fingerprint density at radius 3 is 2.40 bits per heavy atom. The first kappa shape index (κ1) is 14.8. The number of amides is 1. The van der Waals surface area contributed by atoms with Crippen molar-refractivity contribution in [3.05, 3.63) is 30.3 Å². The molecule has 1 aliphatic rings. The van der Waals surface area contributed by atoms with Crippen LogP contribution < -0.4 is 10.2 Å². The summed E-state index contributed by atoms with van der Waals surface area (Å²) in [5, 5.41) is 2.48. The quantitative estimate of drug-likeness (QED) is 0.859. The number of alkyl halides is 1. The summed E-state index contributed by atoms with van der Waals surface area (Å²) in [5.41, 5.74) is 1.19. The largest absolute Gasteiger partial charge is 0.371 e. The summed E-state index contributed by atoms with van der Waals surface area (Å²) in [4.78, 5) is 14.3. The third-order valence-electron chi connectivity index (χ3n) is 3.85. The molecule has 3 nitrogen and oxygen atoms in total. The minimum absolute atomic E-state index is 0.0630. The minimum atomic E-state index is -1.24. The van der Waals surface area contributed by atoms with E-state index in [4.69, 9.17) is 0 Å². The Kier molecular flexibility index (Phi) is 4.99. The highest BCUT2D eigenvalue weighted by Crippen LogP contribution is 2.23. The minimum Gasteiger partial charge on any atom is -0.371 e. The number of benzene rings is 1. The summed E-state index contributed by atoms with van der Waals surface area (Å²) in [7, 11) is 0. The van der Waals surface area contributed by atoms with E-state index in [0.717, 1.165) is 25.9 Å². The first-order valence-electron chi connectivity index (χ1n) is 7.32. The Morgan fingerprint density at radius 2 is 1.85 bits per heavy atom. The average Bonchev–Trinajstić information content (AvgIpc) is 2.48. The second-order valence-electron chi connectivity index (χ2n) is 5.75. The van der Waals surface area contributed by atoms with Gasteiger partial charge in [-0.3, -0.25) is 4.79 Å². The van der Waals surface area contributed by atoms with Gasteiger partial charge in [-0.25, -0.2) is 4.39 Å². The van der Waals surface area contributed by atoms with Crippen LogP contribution in [-0.2, 0) is 4.79 Å². The van der Waals surface area contributed by atoms with Crippen LogP contribution in [0.25, 0.3) is 0 Å². The van der Waals surface area contributed by atoms with Crippen LogP contribution >= 0.6 is 0 Å². The normalized spacial score (nSPS) is 18.1. The van der Waals surface area contributed by atoms with Gasteiger partial charge in [0.2, 0.25) is 5.91 Å². The van der Waals surface area contributed by atoms with Crippen molar-refractivity contribution in [3.63, 3.8) is 0 Å². The van der Waals surface area contributed by atoms with Crippen LogP contribution in [0.4, 0.5) is 10.1 Å². The van der Waals surface area contributed by atoms with Crippen LogP contribution in [0.15, 0.2) is 30.3 Å². The summed E-state index contributed by atoms with van der Waals surface area (Å²) in [6.45, 7) is 5.23. The fourth-order valence-corrected chi connectivity index (χ4v) is 2.46. The van der Waals surface area contributed by atoms with Crippen molar-refractivity contribution < 1.29 is 9.18 Å². The number of rotatable bonds is 4. The number of carbonyl (C=O) groups is 1. The standard InChI is InChI=1S/C16H23FN2O/c1-12(2)15(17)18-16(20)13-8-10-19(11-9-13)14-6-4-3-5-7-14/h3-7,12-13,15H,8-11H2,1-2H3,(H,18,20). The predicted molar refractivity (Wildman–Crippen MR) is 79.3 cm³/mol. The summed E-state index contributed by atoms with van der Waals surface area (Å²) >= 11 is 0. The zero-order chi connectivity index (χ0) is 14.5. The van der Waals surface area contributed by atoms with Gasteiger partial charge >= 0.3 is 0 Å². The number of para-hydroxylation sites is 1. The molecule has 1 amide bonds. The topological polar surface area (TPSA) is 32.3 Å². The van der Waals surface area contributed by atoms with Crippen molar-refractivity contribution in [2.75, 3.05) is 18.0 Å². The smallest absolute Gasteiger partial charge is 0.225 e. The molecule has 2 rings (SSSR count). The lowest BCUT2D eigenvalue weighted by Gasteiger charge is -2.33. The van der Waals surface area contributed by atoms with Crippen LogP contribution in [-0.4, -0.2) is 25.3 Å². The van der Waals surface area contributed by atoms with E-state index in [1.807, 2.05) is 18.2 Å². The average molecular weight is 278 g/mol. The summed E-state index contributed by atoms with van der Waals surface area (Å²) in [5.74, 6) is -0.380. The van der Waals surface area contributed by atoms with Crippen molar-refractivity contribution in [1.82, 2.24) is 5.32 Å². The first-order chi connectivity index (χ1) is 9.58. The zero-order valence-electron chi connectivity index (χ0n) is 12.2. The van der Waals surface area contributed by atoms with Gasteiger partial charge in [-0.05, 0) is 25.0 Å². The number of piperidine rings is 1. The predicted octanol–water partition coefficient (Wildman–Crippen LogP) is 2.97. The second-order valence-corrected chi connectivity index (χ2v) is 5.75. The molecular weight excluding hydrogens is 255 g/mol. The van der Waals surface area contributed by atoms with Gasteiger partial charge in [0.25, 0.3) is 0 Å². The molecule has 1 aromatic rings. The molecule has 0 radical (unpaired) electrons. The molecule has 1 atom stereocenters. The highest BCUT2D eigenvalue weighted by molar-refractivity contribution is 5.79. The molecule has 0 spiro atoms. The maximum atomic E-state index is 13.5. The number of anilines is 1. The van der Waals surface area contributed by atoms with Gasteiger partial charge in [-0.15, -0.1) is 0 Å². The summed E-state index contributed by atoms with van der Waals surface area (Å²) in [6, 6.07) is 10.2. The molecule has 1 aliphatic heterocycles. The van der Waals surface area contributed by atoms with Crippen LogP contribution in [0.3, 0.4) is 0 Å². The Labute approximate surface area is 120 Å². The summed E-state index contributed by atoms with van der Waals surface area (Å²) < 4.78 is 13.5. The fourth-order valence-electron chi connectivity index (χ4n) is 2.46. The lowest BCUT2D eigenvalue weighted by Crippen LogP contribution is -2.44. The van der Waals surface area contributed by atoms with Gasteiger partial charge in [0, 0.05) is 30.6 Å². The molecule has 0 aromatic heterocycles. The lowest BCUT2D eigenvalue weighted by molar-refractivity contribution is -0.128. The monoisotopic (exact) mass is 278 g/mol. The van der Waals surface area contributed by atoms with E-state index in [-0.39, 0.29) is 17.7 Å². The Hall–Kier alpha value is -1.58. The maximum absolute atomic E-state index is 13.5. The van der Waals surface area contributed by atoms with Crippen LogP contribution in [0.1, 0.15) is 26.7 Å². The number of carbonyl (C=O) groups excluding carboxylic acids is 1. The Morgan fingerprint density at radius 1 is 1.25 bits per heavy atom. The number of hydrogen-bond acceptors (Lipinski definition) is 2. The van der Waals surface area contributed by atoms with Gasteiger partial charge in [0.05, 0.1) is 0 Å². The Bertz CT molecular complexity index is 427. The van der Waals surface area contributed by atoms with Crippen LogP contribution in [0.5, 0.6) is 0 Å². The van der Waals surface area contributed by atoms with E-state index in [2.05, 4.69) is 22.3 Å². The number of halogens is 1. The van der Waals surface area contributed by atoms with Crippen molar-refractivity contribution >= 4 is 11.6 Å². The molecule has 1 heterocycles. The van der Waals surface area contributed by atoms with E-state index in [1.54, 1.807) is 13.8 Å². The molecule has 0 bridgehead atoms. The third-order valence-corrected chi connectivity index (χ3v) is 3.85. The fraction of sp³-hybridized carbons (Fsp3) is 0.562. The van der Waals surface area contributed by atoms with Crippen molar-refractivity contribution in [2.24, 2.45) is 11.8 Å². The van der Waals surface area contributed by atoms with E-state index < -0.39 is 6.30 Å². The molecule has 20 heavy (non-hydrogen) atoms. The van der Waals surface area contributed by atoms with Crippen molar-refractivity contribution in [1.29, 1.82) is 0 Å². The molecule has 1 aromatic carbocycles. The molecule has 0 saturated carbocycles. The van der Waals surface area contributed by atoms with Gasteiger partial charge in [0.1, 0.15) is 0 Å². The van der Waals surface area contributed by atoms with Gasteiger partial charge in [0.15, 0.2) is 6.30 Å². The Balaban J connectivity index is 1.84. The van der Waals surface area contributed by atoms with Crippen LogP contribution in [0.2, 0.25) is 0 Å². The van der Waals surface area contributed by atoms with Gasteiger partial charge in [-0.2, -0.15) is 0 Å². The van der Waals surface area contributed by atoms with E-state index in [1.165, 1.54) is 5.69 Å². The van der Waals surface area contributed by atoms with E-state index >= 15 is 0 Å². The van der Waals surface area contributed by atoms with Gasteiger partial charge < -0.3 is 10.2 Å². The van der Waals surface area contributed by atoms with E-state index in [9.17, 15) is 9.18 Å². The highest BCUT2D eigenvalue weighted by Gasteiger charge is 2.27. The van der Waals surface area contributed by atoms with Crippen LogP contribution in [0, 0.1) is 11.8 Å². The molecule has 1 fully saturated rings. The molecule has 1 N–H and O–H groups in total. The molecular formula is C16H23FN2O. The number of hydrogen-bond donors (Lipinski definition) is 1. The summed E-state index contributed by atoms with van der Waals surface area (Å²) in [6.07, 6.45) is 0.325. The molecule has 4 heteroatoms. The molecule has 1 unspecified atom stereocenters. The van der Waals surface area contributed by atoms with Crippen molar-refractivity contribution in [3.8, 4) is 0 Å². The second kappa shape index (κ2) is 6.73. The maximum Gasteiger partial charge on any atom is 0.225 e. The van der Waals surface area contributed by atoms with Gasteiger partial charge in [-0.1, -0.05) is 32.0 Å². The van der Waals surface area contributed by atoms with Crippen molar-refractivity contribution in [2.45, 2.75) is 33.0 Å². The molecule has 110 valence electrons. The third kappa shape index (κ3) is 3.71. The SMILES string of the molecule is CC(C)C(F)NC(=O)C1CCN(c2ccccc2)CC1. The number of nitrogens with one attached hydrogen (secondary N) is 1. The first-order valence-corrected chi connectivity index (χ1v) is 7.32. The molecule has 0 aliphatic carbocycles. The zero-order valence-corrected chi connectivity index (χ0v) is 12.2. The molecule has 1 saturated heterocycles. The highest BCUT2D eigenvalue weighted by atomic mass is 19.1.